The maximum absolute atomic E-state index is 6.03. The molecule has 1 aliphatic heterocycles. The SMILES string of the molecule is COc1c(OC2CCC2)ccc2c1CCNC2C.Cl. The summed E-state index contributed by atoms with van der Waals surface area (Å²) >= 11 is 0. The average Bonchev–Trinajstić information content (AvgIpc) is 2.33. The van der Waals surface area contributed by atoms with Gasteiger partial charge >= 0.3 is 0 Å². The van der Waals surface area contributed by atoms with Crippen molar-refractivity contribution in [3.8, 4) is 11.5 Å². The summed E-state index contributed by atoms with van der Waals surface area (Å²) < 4.78 is 11.6. The van der Waals surface area contributed by atoms with Crippen molar-refractivity contribution in [2.24, 2.45) is 0 Å². The third-order valence-electron chi connectivity index (χ3n) is 4.10. The van der Waals surface area contributed by atoms with Crippen LogP contribution in [0.25, 0.3) is 0 Å². The van der Waals surface area contributed by atoms with Crippen LogP contribution in [0.3, 0.4) is 0 Å². The van der Waals surface area contributed by atoms with Gasteiger partial charge in [0.05, 0.1) is 13.2 Å². The molecule has 0 saturated heterocycles. The summed E-state index contributed by atoms with van der Waals surface area (Å²) in [6, 6.07) is 4.66. The first-order valence-electron chi connectivity index (χ1n) is 6.89. The quantitative estimate of drug-likeness (QED) is 0.924. The molecule has 1 saturated carbocycles. The summed E-state index contributed by atoms with van der Waals surface area (Å²) in [5.74, 6) is 1.88. The Labute approximate surface area is 121 Å². The van der Waals surface area contributed by atoms with Gasteiger partial charge in [-0.2, -0.15) is 0 Å². The second-order valence-corrected chi connectivity index (χ2v) is 5.26. The third-order valence-corrected chi connectivity index (χ3v) is 4.10. The van der Waals surface area contributed by atoms with Crippen molar-refractivity contribution in [3.05, 3.63) is 23.3 Å². The molecule has 1 aliphatic carbocycles. The predicted octanol–water partition coefficient (Wildman–Crippen LogP) is 3.26. The highest BCUT2D eigenvalue weighted by molar-refractivity contribution is 5.85. The van der Waals surface area contributed by atoms with Crippen molar-refractivity contribution in [2.45, 2.75) is 44.8 Å². The van der Waals surface area contributed by atoms with Crippen molar-refractivity contribution in [1.29, 1.82) is 0 Å². The van der Waals surface area contributed by atoms with Gasteiger partial charge in [-0.25, -0.2) is 0 Å². The van der Waals surface area contributed by atoms with Crippen LogP contribution in [0.2, 0.25) is 0 Å². The van der Waals surface area contributed by atoms with Gasteiger partial charge in [0.1, 0.15) is 0 Å². The molecule has 4 heteroatoms. The van der Waals surface area contributed by atoms with Crippen LogP contribution in [-0.2, 0) is 6.42 Å². The molecule has 1 fully saturated rings. The highest BCUT2D eigenvalue weighted by Gasteiger charge is 2.25. The van der Waals surface area contributed by atoms with Gasteiger partial charge in [-0.15, -0.1) is 12.4 Å². The number of fused-ring (bicyclic) bond motifs is 1. The van der Waals surface area contributed by atoms with E-state index in [1.807, 2.05) is 0 Å². The third kappa shape index (κ3) is 2.67. The first-order valence-corrected chi connectivity index (χ1v) is 6.89. The number of ether oxygens (including phenoxy) is 2. The molecule has 1 heterocycles. The molecule has 0 amide bonds. The zero-order valence-corrected chi connectivity index (χ0v) is 12.4. The number of methoxy groups -OCH3 is 1. The van der Waals surface area contributed by atoms with Crippen molar-refractivity contribution >= 4 is 12.4 Å². The lowest BCUT2D eigenvalue weighted by Gasteiger charge is -2.30. The van der Waals surface area contributed by atoms with Crippen LogP contribution in [0.4, 0.5) is 0 Å². The van der Waals surface area contributed by atoms with Gasteiger partial charge in [-0.1, -0.05) is 6.07 Å². The predicted molar refractivity (Wildman–Crippen MR) is 78.6 cm³/mol. The molecular weight excluding hydrogens is 262 g/mol. The van der Waals surface area contributed by atoms with E-state index in [1.54, 1.807) is 7.11 Å². The lowest BCUT2D eigenvalue weighted by molar-refractivity contribution is 0.115. The molecular formula is C15H22ClNO2. The molecule has 106 valence electrons. The Morgan fingerprint density at radius 1 is 1.26 bits per heavy atom. The molecule has 0 radical (unpaired) electrons. The Kier molecular flexibility index (Phi) is 4.58. The van der Waals surface area contributed by atoms with Crippen molar-refractivity contribution in [3.63, 3.8) is 0 Å². The fourth-order valence-corrected chi connectivity index (χ4v) is 2.79. The largest absolute Gasteiger partial charge is 0.493 e. The van der Waals surface area contributed by atoms with E-state index in [-0.39, 0.29) is 12.4 Å². The van der Waals surface area contributed by atoms with Crippen LogP contribution in [-0.4, -0.2) is 19.8 Å². The standard InChI is InChI=1S/C15H21NO2.ClH/c1-10-12-6-7-14(18-11-4-3-5-11)15(17-2)13(12)8-9-16-10;/h6-7,10-11,16H,3-5,8-9H2,1-2H3;1H. The average molecular weight is 284 g/mol. The molecule has 0 aromatic heterocycles. The Morgan fingerprint density at radius 2 is 2.05 bits per heavy atom. The van der Waals surface area contributed by atoms with Crippen LogP contribution in [0.15, 0.2) is 12.1 Å². The summed E-state index contributed by atoms with van der Waals surface area (Å²) in [5, 5.41) is 3.48. The number of halogens is 1. The minimum atomic E-state index is 0. The lowest BCUT2D eigenvalue weighted by Crippen LogP contribution is -2.29. The van der Waals surface area contributed by atoms with Crippen LogP contribution < -0.4 is 14.8 Å². The van der Waals surface area contributed by atoms with E-state index >= 15 is 0 Å². The lowest BCUT2D eigenvalue weighted by atomic mass is 9.93. The molecule has 1 aromatic rings. The molecule has 0 bridgehead atoms. The van der Waals surface area contributed by atoms with E-state index in [0.717, 1.165) is 24.5 Å². The van der Waals surface area contributed by atoms with Gasteiger partial charge in [0.25, 0.3) is 0 Å². The van der Waals surface area contributed by atoms with Crippen LogP contribution in [0.5, 0.6) is 11.5 Å². The number of hydrogen-bond acceptors (Lipinski definition) is 3. The van der Waals surface area contributed by atoms with E-state index in [2.05, 4.69) is 24.4 Å². The monoisotopic (exact) mass is 283 g/mol. The molecule has 3 nitrogen and oxygen atoms in total. The van der Waals surface area contributed by atoms with E-state index in [9.17, 15) is 0 Å². The zero-order chi connectivity index (χ0) is 12.5. The minimum Gasteiger partial charge on any atom is -0.493 e. The summed E-state index contributed by atoms with van der Waals surface area (Å²) in [6.45, 7) is 3.21. The first kappa shape index (κ1) is 14.5. The smallest absolute Gasteiger partial charge is 0.164 e. The number of nitrogens with one attached hydrogen (secondary N) is 1. The normalized spacial score (nSPS) is 21.9. The molecule has 1 aromatic carbocycles. The number of hydrogen-bond donors (Lipinski definition) is 1. The Balaban J connectivity index is 0.00000133. The molecule has 19 heavy (non-hydrogen) atoms. The minimum absolute atomic E-state index is 0. The molecule has 1 N–H and O–H groups in total. The summed E-state index contributed by atoms with van der Waals surface area (Å²) in [4.78, 5) is 0. The van der Waals surface area contributed by atoms with Gasteiger partial charge in [-0.05, 0) is 50.8 Å². The number of benzene rings is 1. The zero-order valence-electron chi connectivity index (χ0n) is 11.6. The van der Waals surface area contributed by atoms with E-state index in [0.29, 0.717) is 12.1 Å². The van der Waals surface area contributed by atoms with Gasteiger partial charge in [0.2, 0.25) is 0 Å². The first-order chi connectivity index (χ1) is 8.79. The van der Waals surface area contributed by atoms with Crippen LogP contribution in [0.1, 0.15) is 43.4 Å². The van der Waals surface area contributed by atoms with E-state index in [1.165, 1.54) is 30.4 Å². The summed E-state index contributed by atoms with van der Waals surface area (Å²) in [6.07, 6.45) is 5.07. The number of rotatable bonds is 3. The van der Waals surface area contributed by atoms with Gasteiger partial charge in [0, 0.05) is 11.6 Å². The molecule has 1 unspecified atom stereocenters. The Hall–Kier alpha value is -0.930. The second kappa shape index (κ2) is 6.02. The van der Waals surface area contributed by atoms with Gasteiger partial charge in [0.15, 0.2) is 11.5 Å². The summed E-state index contributed by atoms with van der Waals surface area (Å²) in [5.41, 5.74) is 2.67. The van der Waals surface area contributed by atoms with Crippen LogP contribution >= 0.6 is 12.4 Å². The van der Waals surface area contributed by atoms with Gasteiger partial charge in [-0.3, -0.25) is 0 Å². The fourth-order valence-electron chi connectivity index (χ4n) is 2.79. The van der Waals surface area contributed by atoms with E-state index < -0.39 is 0 Å². The molecule has 1 atom stereocenters. The molecule has 3 rings (SSSR count). The molecule has 0 spiro atoms. The Bertz CT molecular complexity index is 446. The van der Waals surface area contributed by atoms with Gasteiger partial charge < -0.3 is 14.8 Å². The van der Waals surface area contributed by atoms with Crippen molar-refractivity contribution < 1.29 is 9.47 Å². The fraction of sp³-hybridized carbons (Fsp3) is 0.600. The van der Waals surface area contributed by atoms with Crippen molar-refractivity contribution in [1.82, 2.24) is 5.32 Å². The van der Waals surface area contributed by atoms with Crippen molar-refractivity contribution in [2.75, 3.05) is 13.7 Å². The van der Waals surface area contributed by atoms with E-state index in [4.69, 9.17) is 9.47 Å². The second-order valence-electron chi connectivity index (χ2n) is 5.26. The topological polar surface area (TPSA) is 30.5 Å². The molecule has 2 aliphatic rings. The Morgan fingerprint density at radius 3 is 2.68 bits per heavy atom. The summed E-state index contributed by atoms with van der Waals surface area (Å²) in [7, 11) is 1.75. The highest BCUT2D eigenvalue weighted by Crippen LogP contribution is 2.39. The maximum Gasteiger partial charge on any atom is 0.164 e. The maximum atomic E-state index is 6.03. The van der Waals surface area contributed by atoms with Crippen LogP contribution in [0, 0.1) is 0 Å². The highest BCUT2D eigenvalue weighted by atomic mass is 35.5.